The molecule has 1 N–H and O–H groups in total. The number of rotatable bonds is 5. The van der Waals surface area contributed by atoms with Gasteiger partial charge in [-0.05, 0) is 106 Å². The molecule has 1 aliphatic rings. The van der Waals surface area contributed by atoms with Gasteiger partial charge in [-0.15, -0.1) is 0 Å². The van der Waals surface area contributed by atoms with Gasteiger partial charge in [0.15, 0.2) is 5.11 Å². The molecule has 0 atom stereocenters. The third-order valence-electron chi connectivity index (χ3n) is 6.33. The van der Waals surface area contributed by atoms with Crippen molar-refractivity contribution in [2.45, 2.75) is 34.6 Å². The molecule has 0 bridgehead atoms. The Morgan fingerprint density at radius 3 is 2.42 bits per heavy atom. The quantitative estimate of drug-likeness (QED) is 0.237. The van der Waals surface area contributed by atoms with Crippen molar-refractivity contribution in [1.29, 1.82) is 0 Å². The fourth-order valence-corrected chi connectivity index (χ4v) is 4.58. The molecule has 7 nitrogen and oxygen atoms in total. The second-order valence-electron chi connectivity index (χ2n) is 8.61. The topological polar surface area (TPSA) is 80.6 Å². The van der Waals surface area contributed by atoms with Crippen molar-refractivity contribution in [2.24, 2.45) is 0 Å². The molecule has 184 valence electrons. The Morgan fingerprint density at radius 2 is 1.75 bits per heavy atom. The lowest BCUT2D eigenvalue weighted by Crippen LogP contribution is -2.54. The number of hydrogen-bond donors (Lipinski definition) is 1. The summed E-state index contributed by atoms with van der Waals surface area (Å²) >= 11 is 5.35. The van der Waals surface area contributed by atoms with Gasteiger partial charge < -0.3 is 9.30 Å². The molecule has 0 aliphatic carbocycles. The summed E-state index contributed by atoms with van der Waals surface area (Å²) in [6, 6.07) is 14.6. The zero-order valence-corrected chi connectivity index (χ0v) is 21.7. The van der Waals surface area contributed by atoms with Crippen LogP contribution in [0.5, 0.6) is 0 Å². The van der Waals surface area contributed by atoms with E-state index in [4.69, 9.17) is 17.0 Å². The van der Waals surface area contributed by atoms with Crippen LogP contribution in [0.15, 0.2) is 54.1 Å². The van der Waals surface area contributed by atoms with Crippen molar-refractivity contribution >= 4 is 46.9 Å². The van der Waals surface area contributed by atoms with E-state index in [9.17, 15) is 14.4 Å². The van der Waals surface area contributed by atoms with E-state index in [1.807, 2.05) is 68.7 Å². The van der Waals surface area contributed by atoms with E-state index in [0.29, 0.717) is 17.9 Å². The number of nitrogens with zero attached hydrogens (tertiary/aromatic N) is 2. The van der Waals surface area contributed by atoms with Crippen LogP contribution in [-0.4, -0.2) is 34.1 Å². The third-order valence-corrected chi connectivity index (χ3v) is 6.61. The zero-order chi connectivity index (χ0) is 26.1. The van der Waals surface area contributed by atoms with Crippen LogP contribution < -0.4 is 10.2 Å². The number of hydrogen-bond acceptors (Lipinski definition) is 5. The maximum absolute atomic E-state index is 13.5. The number of benzene rings is 2. The standard InChI is InChI=1S/C28H27N3O4S/c1-6-35-27(34)20-10-12-22(13-11-20)30-17(3)14-21(19(30)5)15-23-25(32)29-28(36)31(26(23)33)24-9-7-8-16(2)18(24)4/h7-15H,6H2,1-5H3,(H,29,32,36)/b23-15+. The Kier molecular flexibility index (Phi) is 6.90. The molecule has 8 heteroatoms. The van der Waals surface area contributed by atoms with Crippen LogP contribution in [0.2, 0.25) is 0 Å². The molecular formula is C28H27N3O4S. The molecule has 36 heavy (non-hydrogen) atoms. The summed E-state index contributed by atoms with van der Waals surface area (Å²) in [7, 11) is 0. The minimum Gasteiger partial charge on any atom is -0.462 e. The van der Waals surface area contributed by atoms with Gasteiger partial charge in [0, 0.05) is 17.1 Å². The molecule has 3 aromatic rings. The van der Waals surface area contributed by atoms with E-state index in [2.05, 4.69) is 5.32 Å². The Hall–Kier alpha value is -4.04. The molecule has 2 aromatic carbocycles. The Bertz CT molecular complexity index is 1430. The van der Waals surface area contributed by atoms with Crippen molar-refractivity contribution in [3.8, 4) is 5.69 Å². The normalized spacial score (nSPS) is 14.9. The lowest BCUT2D eigenvalue weighted by molar-refractivity contribution is -0.122. The summed E-state index contributed by atoms with van der Waals surface area (Å²) in [4.78, 5) is 39.7. The van der Waals surface area contributed by atoms with Crippen LogP contribution >= 0.6 is 12.2 Å². The molecule has 2 amide bonds. The van der Waals surface area contributed by atoms with Gasteiger partial charge in [-0.3, -0.25) is 19.8 Å². The first-order chi connectivity index (χ1) is 17.1. The maximum atomic E-state index is 13.5. The Morgan fingerprint density at radius 1 is 1.06 bits per heavy atom. The minimum absolute atomic E-state index is 0.00224. The SMILES string of the molecule is CCOC(=O)c1ccc(-n2c(C)cc(/C=C3\C(=O)NC(=S)N(c4cccc(C)c4C)C3=O)c2C)cc1. The number of aryl methyl sites for hydroxylation is 2. The minimum atomic E-state index is -0.532. The number of esters is 1. The first-order valence-corrected chi connectivity index (χ1v) is 12.0. The van der Waals surface area contributed by atoms with Gasteiger partial charge in [0.2, 0.25) is 0 Å². The fraction of sp³-hybridized carbons (Fsp3) is 0.214. The Balaban J connectivity index is 1.72. The molecular weight excluding hydrogens is 474 g/mol. The van der Waals surface area contributed by atoms with Crippen LogP contribution in [0.4, 0.5) is 5.69 Å². The number of nitrogens with one attached hydrogen (secondary N) is 1. The molecule has 2 heterocycles. The lowest BCUT2D eigenvalue weighted by atomic mass is 10.0. The summed E-state index contributed by atoms with van der Waals surface area (Å²) in [5.41, 5.74) is 6.37. The molecule has 0 saturated carbocycles. The van der Waals surface area contributed by atoms with Crippen molar-refractivity contribution in [1.82, 2.24) is 9.88 Å². The van der Waals surface area contributed by atoms with E-state index in [0.717, 1.165) is 33.8 Å². The van der Waals surface area contributed by atoms with Crippen LogP contribution in [0, 0.1) is 27.7 Å². The largest absolute Gasteiger partial charge is 0.462 e. The summed E-state index contributed by atoms with van der Waals surface area (Å²) < 4.78 is 7.06. The van der Waals surface area contributed by atoms with E-state index in [1.54, 1.807) is 25.1 Å². The predicted molar refractivity (Wildman–Crippen MR) is 143 cm³/mol. The molecule has 1 saturated heterocycles. The van der Waals surface area contributed by atoms with Crippen LogP contribution in [0.1, 0.15) is 45.4 Å². The number of ether oxygens (including phenoxy) is 1. The second-order valence-corrected chi connectivity index (χ2v) is 8.99. The summed E-state index contributed by atoms with van der Waals surface area (Å²) in [6.45, 7) is 9.81. The maximum Gasteiger partial charge on any atom is 0.338 e. The summed E-state index contributed by atoms with van der Waals surface area (Å²) in [5.74, 6) is -1.38. The van der Waals surface area contributed by atoms with E-state index < -0.39 is 11.8 Å². The average molecular weight is 502 g/mol. The number of carbonyl (C=O) groups is 3. The Labute approximate surface area is 215 Å². The molecule has 0 unspecified atom stereocenters. The summed E-state index contributed by atoms with van der Waals surface area (Å²) in [5, 5.41) is 2.71. The van der Waals surface area contributed by atoms with Gasteiger partial charge in [-0.25, -0.2) is 4.79 Å². The van der Waals surface area contributed by atoms with Gasteiger partial charge in [0.25, 0.3) is 11.8 Å². The highest BCUT2D eigenvalue weighted by Crippen LogP contribution is 2.29. The zero-order valence-electron chi connectivity index (χ0n) is 20.8. The number of carbonyl (C=O) groups excluding carboxylic acids is 3. The molecule has 0 spiro atoms. The molecule has 0 radical (unpaired) electrons. The highest BCUT2D eigenvalue weighted by molar-refractivity contribution is 7.80. The van der Waals surface area contributed by atoms with Crippen molar-refractivity contribution in [2.75, 3.05) is 11.5 Å². The van der Waals surface area contributed by atoms with Gasteiger partial charge in [0.1, 0.15) is 5.57 Å². The van der Waals surface area contributed by atoms with Crippen molar-refractivity contribution < 1.29 is 19.1 Å². The van der Waals surface area contributed by atoms with E-state index in [-0.39, 0.29) is 16.7 Å². The summed E-state index contributed by atoms with van der Waals surface area (Å²) in [6.07, 6.45) is 1.60. The average Bonchev–Trinajstić information content (AvgIpc) is 3.12. The first-order valence-electron chi connectivity index (χ1n) is 11.6. The van der Waals surface area contributed by atoms with Crippen LogP contribution in [-0.2, 0) is 14.3 Å². The number of thiocarbonyl (C=S) groups is 1. The second kappa shape index (κ2) is 9.91. The van der Waals surface area contributed by atoms with Gasteiger partial charge in [-0.1, -0.05) is 12.1 Å². The van der Waals surface area contributed by atoms with E-state index >= 15 is 0 Å². The third kappa shape index (κ3) is 4.47. The molecule has 1 aliphatic heterocycles. The smallest absolute Gasteiger partial charge is 0.338 e. The molecule has 1 aromatic heterocycles. The fourth-order valence-electron chi connectivity index (χ4n) is 4.30. The predicted octanol–water partition coefficient (Wildman–Crippen LogP) is 4.72. The first kappa shape index (κ1) is 25.1. The van der Waals surface area contributed by atoms with Crippen LogP contribution in [0.3, 0.4) is 0 Å². The number of aromatic nitrogens is 1. The van der Waals surface area contributed by atoms with Crippen molar-refractivity contribution in [3.05, 3.63) is 87.7 Å². The monoisotopic (exact) mass is 501 g/mol. The molecule has 4 rings (SSSR count). The lowest BCUT2D eigenvalue weighted by Gasteiger charge is -2.30. The van der Waals surface area contributed by atoms with E-state index in [1.165, 1.54) is 4.90 Å². The van der Waals surface area contributed by atoms with Gasteiger partial charge in [-0.2, -0.15) is 0 Å². The highest BCUT2D eigenvalue weighted by Gasteiger charge is 2.35. The van der Waals surface area contributed by atoms with Crippen LogP contribution in [0.25, 0.3) is 11.8 Å². The van der Waals surface area contributed by atoms with Gasteiger partial charge >= 0.3 is 5.97 Å². The highest BCUT2D eigenvalue weighted by atomic mass is 32.1. The number of amides is 2. The van der Waals surface area contributed by atoms with Gasteiger partial charge in [0.05, 0.1) is 17.9 Å². The molecule has 1 fully saturated rings. The number of anilines is 1. The van der Waals surface area contributed by atoms with Crippen molar-refractivity contribution in [3.63, 3.8) is 0 Å².